The first-order valence-corrected chi connectivity index (χ1v) is 11.5. The molecule has 0 spiro atoms. The maximum Gasteiger partial charge on any atom is 0.155 e. The molecule has 7 heteroatoms. The van der Waals surface area contributed by atoms with Gasteiger partial charge in [-0.05, 0) is 49.9 Å². The minimum absolute atomic E-state index is 0.0666. The molecule has 3 N–H and O–H groups in total. The van der Waals surface area contributed by atoms with Crippen molar-refractivity contribution in [3.8, 4) is 22.6 Å². The van der Waals surface area contributed by atoms with Crippen molar-refractivity contribution >= 4 is 33.5 Å². The SMILES string of the molecule is Cc1noc(C)c1S(=O)Nc1cc(-c2c(O)ccc3c2C=CCC3)c(O)c2ccccc12. The Balaban J connectivity index is 1.73. The number of fused-ring (bicyclic) bond motifs is 2. The molecular weight excluding hydrogens is 424 g/mol. The number of allylic oxidation sites excluding steroid dienone is 1. The van der Waals surface area contributed by atoms with Gasteiger partial charge < -0.3 is 19.5 Å². The summed E-state index contributed by atoms with van der Waals surface area (Å²) in [5.41, 5.74) is 4.16. The summed E-state index contributed by atoms with van der Waals surface area (Å²) in [5, 5.41) is 27.2. The van der Waals surface area contributed by atoms with Crippen molar-refractivity contribution in [2.75, 3.05) is 4.72 Å². The average molecular weight is 447 g/mol. The molecule has 1 aliphatic rings. The highest BCUT2D eigenvalue weighted by Crippen LogP contribution is 2.46. The van der Waals surface area contributed by atoms with Crippen LogP contribution in [0.25, 0.3) is 28.0 Å². The molecule has 6 nitrogen and oxygen atoms in total. The summed E-state index contributed by atoms with van der Waals surface area (Å²) in [5.74, 6) is 0.632. The van der Waals surface area contributed by atoms with Gasteiger partial charge in [-0.1, -0.05) is 47.6 Å². The summed E-state index contributed by atoms with van der Waals surface area (Å²) in [7, 11) is -1.63. The van der Waals surface area contributed by atoms with Crippen molar-refractivity contribution in [2.45, 2.75) is 31.6 Å². The minimum Gasteiger partial charge on any atom is -0.507 e. The number of anilines is 1. The molecule has 0 bridgehead atoms. The van der Waals surface area contributed by atoms with E-state index in [2.05, 4.69) is 16.0 Å². The van der Waals surface area contributed by atoms with E-state index in [0.717, 1.165) is 24.0 Å². The Morgan fingerprint density at radius 3 is 2.62 bits per heavy atom. The molecule has 1 unspecified atom stereocenters. The maximum atomic E-state index is 13.2. The molecule has 0 aliphatic heterocycles. The number of hydrogen-bond donors (Lipinski definition) is 3. The van der Waals surface area contributed by atoms with E-state index in [4.69, 9.17) is 4.52 Å². The van der Waals surface area contributed by atoms with Crippen LogP contribution >= 0.6 is 0 Å². The second kappa shape index (κ2) is 7.84. The molecule has 0 saturated carbocycles. The van der Waals surface area contributed by atoms with Crippen LogP contribution < -0.4 is 4.72 Å². The van der Waals surface area contributed by atoms with Gasteiger partial charge in [0.25, 0.3) is 0 Å². The average Bonchev–Trinajstić information content (AvgIpc) is 3.14. The third kappa shape index (κ3) is 3.26. The van der Waals surface area contributed by atoms with E-state index in [-0.39, 0.29) is 11.5 Å². The summed E-state index contributed by atoms with van der Waals surface area (Å²) in [4.78, 5) is 0.492. The molecular formula is C25H22N2O4S. The fraction of sp³-hybridized carbons (Fsp3) is 0.160. The molecule has 1 heterocycles. The number of aryl methyl sites for hydroxylation is 3. The Kier molecular flexibility index (Phi) is 4.98. The Morgan fingerprint density at radius 1 is 1.09 bits per heavy atom. The van der Waals surface area contributed by atoms with Crippen molar-refractivity contribution < 1.29 is 18.9 Å². The molecule has 162 valence electrons. The number of aromatic nitrogens is 1. The highest BCUT2D eigenvalue weighted by Gasteiger charge is 2.22. The van der Waals surface area contributed by atoms with Crippen LogP contribution in [0.1, 0.15) is 29.0 Å². The Morgan fingerprint density at radius 2 is 1.88 bits per heavy atom. The van der Waals surface area contributed by atoms with Crippen LogP contribution in [0.5, 0.6) is 11.5 Å². The fourth-order valence-electron chi connectivity index (χ4n) is 4.31. The Hall–Kier alpha value is -3.58. The number of phenols is 2. The van der Waals surface area contributed by atoms with Gasteiger partial charge in [0.1, 0.15) is 16.4 Å². The smallest absolute Gasteiger partial charge is 0.155 e. The lowest BCUT2D eigenvalue weighted by Gasteiger charge is -2.20. The van der Waals surface area contributed by atoms with Gasteiger partial charge in [0.15, 0.2) is 16.7 Å². The zero-order chi connectivity index (χ0) is 22.4. The monoisotopic (exact) mass is 446 g/mol. The molecule has 0 saturated heterocycles. The molecule has 32 heavy (non-hydrogen) atoms. The molecule has 0 radical (unpaired) electrons. The number of hydrogen-bond acceptors (Lipinski definition) is 5. The van der Waals surface area contributed by atoms with Gasteiger partial charge in [0, 0.05) is 21.9 Å². The summed E-state index contributed by atoms with van der Waals surface area (Å²) in [6.07, 6.45) is 5.85. The quantitative estimate of drug-likeness (QED) is 0.354. The summed E-state index contributed by atoms with van der Waals surface area (Å²) in [6, 6.07) is 12.7. The molecule has 1 aromatic heterocycles. The van der Waals surface area contributed by atoms with E-state index in [1.807, 2.05) is 30.3 Å². The second-order valence-corrected chi connectivity index (χ2v) is 9.01. The minimum atomic E-state index is -1.63. The fourth-order valence-corrected chi connectivity index (χ4v) is 5.38. The number of benzene rings is 3. The molecule has 3 aromatic carbocycles. The number of phenolic OH excluding ortho intramolecular Hbond substituents is 2. The van der Waals surface area contributed by atoms with E-state index < -0.39 is 11.0 Å². The molecule has 1 atom stereocenters. The Labute approximate surface area is 187 Å². The van der Waals surface area contributed by atoms with Gasteiger partial charge in [0.2, 0.25) is 0 Å². The van der Waals surface area contributed by atoms with E-state index in [1.165, 1.54) is 0 Å². The predicted molar refractivity (Wildman–Crippen MR) is 126 cm³/mol. The molecule has 1 aliphatic carbocycles. The number of nitrogens with one attached hydrogen (secondary N) is 1. The second-order valence-electron chi connectivity index (χ2n) is 7.86. The number of rotatable bonds is 4. The standard InChI is InChI=1S/C25H22N2O4S/c1-14-25(15(2)31-26-14)32(30)27-21-13-20(24(29)19-10-6-5-9-18(19)21)23-17-8-4-3-7-16(17)11-12-22(23)28/h4-6,8-13,27-29H,3,7H2,1-2H3. The van der Waals surface area contributed by atoms with Crippen molar-refractivity contribution in [3.05, 3.63) is 71.1 Å². The van der Waals surface area contributed by atoms with Crippen molar-refractivity contribution in [2.24, 2.45) is 0 Å². The third-order valence-corrected chi connectivity index (χ3v) is 7.18. The van der Waals surface area contributed by atoms with Crippen LogP contribution in [0, 0.1) is 13.8 Å². The summed E-state index contributed by atoms with van der Waals surface area (Å²) in [6.45, 7) is 3.46. The highest BCUT2D eigenvalue weighted by atomic mass is 32.2. The lowest BCUT2D eigenvalue weighted by molar-refractivity contribution is 0.391. The van der Waals surface area contributed by atoms with Gasteiger partial charge >= 0.3 is 0 Å². The summed E-state index contributed by atoms with van der Waals surface area (Å²) >= 11 is 0. The van der Waals surface area contributed by atoms with Gasteiger partial charge in [-0.2, -0.15) is 0 Å². The highest BCUT2D eigenvalue weighted by molar-refractivity contribution is 7.86. The zero-order valence-electron chi connectivity index (χ0n) is 17.7. The zero-order valence-corrected chi connectivity index (χ0v) is 18.5. The third-order valence-electron chi connectivity index (χ3n) is 5.82. The van der Waals surface area contributed by atoms with Gasteiger partial charge in [-0.3, -0.25) is 0 Å². The first-order chi connectivity index (χ1) is 15.5. The van der Waals surface area contributed by atoms with Crippen LogP contribution in [0.3, 0.4) is 0 Å². The van der Waals surface area contributed by atoms with E-state index >= 15 is 0 Å². The summed E-state index contributed by atoms with van der Waals surface area (Å²) < 4.78 is 21.4. The lowest BCUT2D eigenvalue weighted by atomic mass is 9.88. The van der Waals surface area contributed by atoms with Gasteiger partial charge in [0.05, 0.1) is 11.4 Å². The predicted octanol–water partition coefficient (Wildman–Crippen LogP) is 5.62. The topological polar surface area (TPSA) is 95.6 Å². The normalized spacial score (nSPS) is 13.8. The van der Waals surface area contributed by atoms with Crippen LogP contribution in [-0.2, 0) is 17.4 Å². The number of nitrogens with zero attached hydrogens (tertiary/aromatic N) is 1. The van der Waals surface area contributed by atoms with Crippen LogP contribution in [0.4, 0.5) is 5.69 Å². The largest absolute Gasteiger partial charge is 0.507 e. The van der Waals surface area contributed by atoms with Crippen LogP contribution in [-0.4, -0.2) is 19.6 Å². The molecule has 4 aromatic rings. The lowest BCUT2D eigenvalue weighted by Crippen LogP contribution is -2.07. The van der Waals surface area contributed by atoms with E-state index in [9.17, 15) is 14.4 Å². The van der Waals surface area contributed by atoms with E-state index in [0.29, 0.717) is 43.9 Å². The first-order valence-electron chi connectivity index (χ1n) is 10.3. The van der Waals surface area contributed by atoms with Crippen molar-refractivity contribution in [1.29, 1.82) is 0 Å². The molecule has 5 rings (SSSR count). The van der Waals surface area contributed by atoms with Crippen molar-refractivity contribution in [3.63, 3.8) is 0 Å². The van der Waals surface area contributed by atoms with Gasteiger partial charge in [-0.15, -0.1) is 0 Å². The van der Waals surface area contributed by atoms with Crippen LogP contribution in [0.2, 0.25) is 0 Å². The first kappa shape index (κ1) is 20.3. The molecule has 0 amide bonds. The van der Waals surface area contributed by atoms with E-state index in [1.54, 1.807) is 32.0 Å². The van der Waals surface area contributed by atoms with Crippen LogP contribution in [0.15, 0.2) is 58.0 Å². The number of aromatic hydroxyl groups is 2. The van der Waals surface area contributed by atoms with Gasteiger partial charge in [-0.25, -0.2) is 4.21 Å². The van der Waals surface area contributed by atoms with Crippen molar-refractivity contribution in [1.82, 2.24) is 5.16 Å². The Bertz CT molecular complexity index is 1400. The maximum absolute atomic E-state index is 13.2. The molecule has 0 fully saturated rings.